The van der Waals surface area contributed by atoms with Gasteiger partial charge in [-0.2, -0.15) is 0 Å². The van der Waals surface area contributed by atoms with Crippen LogP contribution in [0.1, 0.15) is 19.4 Å². The highest BCUT2D eigenvalue weighted by Gasteiger charge is 1.98. The van der Waals surface area contributed by atoms with Crippen molar-refractivity contribution in [3.05, 3.63) is 54.4 Å². The Morgan fingerprint density at radius 2 is 1.60 bits per heavy atom. The molecular formula is C14H17N. The van der Waals surface area contributed by atoms with Gasteiger partial charge in [-0.1, -0.05) is 44.2 Å². The molecule has 0 saturated heterocycles. The van der Waals surface area contributed by atoms with Crippen LogP contribution in [0.3, 0.4) is 0 Å². The van der Waals surface area contributed by atoms with Gasteiger partial charge in [0, 0.05) is 18.0 Å². The minimum Gasteiger partial charge on any atom is -0.264 e. The van der Waals surface area contributed by atoms with E-state index in [1.54, 1.807) is 0 Å². The van der Waals surface area contributed by atoms with Crippen LogP contribution in [0, 0.1) is 6.92 Å². The molecule has 2 aromatic rings. The molecule has 0 bridgehead atoms. The zero-order valence-electron chi connectivity index (χ0n) is 9.57. The van der Waals surface area contributed by atoms with Crippen molar-refractivity contribution in [1.29, 1.82) is 0 Å². The van der Waals surface area contributed by atoms with Crippen LogP contribution in [0.4, 0.5) is 0 Å². The van der Waals surface area contributed by atoms with E-state index in [-0.39, 0.29) is 0 Å². The predicted octanol–water partition coefficient (Wildman–Crippen LogP) is 4.08. The fourth-order valence-electron chi connectivity index (χ4n) is 1.38. The van der Waals surface area contributed by atoms with Crippen LogP contribution in [0.15, 0.2) is 48.8 Å². The van der Waals surface area contributed by atoms with Crippen LogP contribution in [0.25, 0.3) is 11.1 Å². The Morgan fingerprint density at radius 1 is 0.933 bits per heavy atom. The number of hydrogen-bond acceptors (Lipinski definition) is 1. The van der Waals surface area contributed by atoms with E-state index >= 15 is 0 Å². The number of aryl methyl sites for hydroxylation is 1. The van der Waals surface area contributed by atoms with Gasteiger partial charge in [0.2, 0.25) is 0 Å². The molecule has 0 aliphatic carbocycles. The summed E-state index contributed by atoms with van der Waals surface area (Å²) in [5.41, 5.74) is 3.71. The standard InChI is InChI=1S/C12H11N.C2H6/c1-10-7-8-13-9-12(10)11-5-3-2-4-6-11;1-2/h2-9H,1H3;1-2H3. The lowest BCUT2D eigenvalue weighted by Gasteiger charge is -2.03. The normalized spacial score (nSPS) is 9.00. The summed E-state index contributed by atoms with van der Waals surface area (Å²) >= 11 is 0. The fraction of sp³-hybridized carbons (Fsp3) is 0.214. The quantitative estimate of drug-likeness (QED) is 0.674. The SMILES string of the molecule is CC.Cc1ccncc1-c1ccccc1. The van der Waals surface area contributed by atoms with Crippen molar-refractivity contribution in [2.24, 2.45) is 0 Å². The van der Waals surface area contributed by atoms with Gasteiger partial charge >= 0.3 is 0 Å². The highest BCUT2D eigenvalue weighted by atomic mass is 14.6. The summed E-state index contributed by atoms with van der Waals surface area (Å²) in [4.78, 5) is 4.12. The zero-order chi connectivity index (χ0) is 11.1. The second kappa shape index (κ2) is 5.97. The topological polar surface area (TPSA) is 12.9 Å². The maximum absolute atomic E-state index is 4.12. The number of nitrogens with zero attached hydrogens (tertiary/aromatic N) is 1. The molecule has 0 spiro atoms. The lowest BCUT2D eigenvalue weighted by Crippen LogP contribution is -1.83. The minimum absolute atomic E-state index is 1.21. The van der Waals surface area contributed by atoms with Crippen LogP contribution in [-0.4, -0.2) is 4.98 Å². The van der Waals surface area contributed by atoms with Crippen LogP contribution < -0.4 is 0 Å². The largest absolute Gasteiger partial charge is 0.264 e. The Balaban J connectivity index is 0.000000531. The summed E-state index contributed by atoms with van der Waals surface area (Å²) in [7, 11) is 0. The van der Waals surface area contributed by atoms with Crippen LogP contribution in [0.2, 0.25) is 0 Å². The number of hydrogen-bond donors (Lipinski definition) is 0. The van der Waals surface area contributed by atoms with Crippen molar-refractivity contribution in [1.82, 2.24) is 4.98 Å². The number of benzene rings is 1. The number of rotatable bonds is 1. The average molecular weight is 199 g/mol. The van der Waals surface area contributed by atoms with Crippen molar-refractivity contribution in [2.75, 3.05) is 0 Å². The molecular weight excluding hydrogens is 182 g/mol. The van der Waals surface area contributed by atoms with E-state index in [0.29, 0.717) is 0 Å². The lowest BCUT2D eigenvalue weighted by atomic mass is 10.0. The monoisotopic (exact) mass is 199 g/mol. The van der Waals surface area contributed by atoms with Gasteiger partial charge in [0.05, 0.1) is 0 Å². The molecule has 1 nitrogen and oxygen atoms in total. The molecule has 0 fully saturated rings. The first-order chi connectivity index (χ1) is 7.38. The highest BCUT2D eigenvalue weighted by molar-refractivity contribution is 5.65. The van der Waals surface area contributed by atoms with Crippen molar-refractivity contribution in [3.63, 3.8) is 0 Å². The third kappa shape index (κ3) is 2.91. The van der Waals surface area contributed by atoms with E-state index in [4.69, 9.17) is 0 Å². The van der Waals surface area contributed by atoms with Crippen molar-refractivity contribution in [3.8, 4) is 11.1 Å². The van der Waals surface area contributed by atoms with E-state index in [9.17, 15) is 0 Å². The van der Waals surface area contributed by atoms with Crippen LogP contribution >= 0.6 is 0 Å². The second-order valence-electron chi connectivity index (χ2n) is 3.06. The van der Waals surface area contributed by atoms with E-state index in [0.717, 1.165) is 0 Å². The summed E-state index contributed by atoms with van der Waals surface area (Å²) in [6.45, 7) is 6.10. The van der Waals surface area contributed by atoms with E-state index in [1.165, 1.54) is 16.7 Å². The van der Waals surface area contributed by atoms with Gasteiger partial charge in [-0.3, -0.25) is 4.98 Å². The summed E-state index contributed by atoms with van der Waals surface area (Å²) in [5.74, 6) is 0. The van der Waals surface area contributed by atoms with E-state index < -0.39 is 0 Å². The Bertz CT molecular complexity index is 393. The third-order valence-corrected chi connectivity index (χ3v) is 2.12. The van der Waals surface area contributed by atoms with Gasteiger partial charge < -0.3 is 0 Å². The van der Waals surface area contributed by atoms with Gasteiger partial charge in [-0.05, 0) is 24.1 Å². The summed E-state index contributed by atoms with van der Waals surface area (Å²) < 4.78 is 0. The predicted molar refractivity (Wildman–Crippen MR) is 65.8 cm³/mol. The van der Waals surface area contributed by atoms with Gasteiger partial charge in [0.25, 0.3) is 0 Å². The maximum Gasteiger partial charge on any atom is 0.0349 e. The van der Waals surface area contributed by atoms with Gasteiger partial charge in [-0.25, -0.2) is 0 Å². The molecule has 1 heteroatoms. The highest BCUT2D eigenvalue weighted by Crippen LogP contribution is 2.20. The molecule has 1 heterocycles. The molecule has 0 radical (unpaired) electrons. The summed E-state index contributed by atoms with van der Waals surface area (Å²) in [5, 5.41) is 0. The van der Waals surface area contributed by atoms with Crippen LogP contribution in [-0.2, 0) is 0 Å². The molecule has 78 valence electrons. The number of aromatic nitrogens is 1. The first-order valence-corrected chi connectivity index (χ1v) is 5.34. The Hall–Kier alpha value is -1.63. The van der Waals surface area contributed by atoms with Crippen molar-refractivity contribution in [2.45, 2.75) is 20.8 Å². The van der Waals surface area contributed by atoms with Gasteiger partial charge in [-0.15, -0.1) is 0 Å². The number of pyridine rings is 1. The molecule has 0 amide bonds. The molecule has 0 saturated carbocycles. The molecule has 0 atom stereocenters. The molecule has 1 aromatic heterocycles. The maximum atomic E-state index is 4.12. The smallest absolute Gasteiger partial charge is 0.0349 e. The van der Waals surface area contributed by atoms with E-state index in [2.05, 4.69) is 24.0 Å². The summed E-state index contributed by atoms with van der Waals surface area (Å²) in [6, 6.07) is 12.3. The zero-order valence-corrected chi connectivity index (χ0v) is 9.57. The molecule has 0 unspecified atom stereocenters. The third-order valence-electron chi connectivity index (χ3n) is 2.12. The molecule has 1 aromatic carbocycles. The summed E-state index contributed by atoms with van der Waals surface area (Å²) in [6.07, 6.45) is 3.73. The van der Waals surface area contributed by atoms with Crippen molar-refractivity contribution >= 4 is 0 Å². The van der Waals surface area contributed by atoms with Gasteiger partial charge in [0.1, 0.15) is 0 Å². The fourth-order valence-corrected chi connectivity index (χ4v) is 1.38. The molecule has 0 N–H and O–H groups in total. The first kappa shape index (κ1) is 11.4. The molecule has 0 aliphatic heterocycles. The van der Waals surface area contributed by atoms with Crippen molar-refractivity contribution < 1.29 is 0 Å². The van der Waals surface area contributed by atoms with Crippen LogP contribution in [0.5, 0.6) is 0 Å². The molecule has 15 heavy (non-hydrogen) atoms. The van der Waals surface area contributed by atoms with Gasteiger partial charge in [0.15, 0.2) is 0 Å². The Kier molecular flexibility index (Phi) is 4.55. The average Bonchev–Trinajstić information content (AvgIpc) is 2.33. The lowest BCUT2D eigenvalue weighted by molar-refractivity contribution is 1.29. The Labute approximate surface area is 91.8 Å². The molecule has 2 rings (SSSR count). The first-order valence-electron chi connectivity index (χ1n) is 5.34. The van der Waals surface area contributed by atoms with E-state index in [1.807, 2.05) is 50.5 Å². The second-order valence-corrected chi connectivity index (χ2v) is 3.06. The Morgan fingerprint density at radius 3 is 2.20 bits per heavy atom. The molecule has 0 aliphatic rings. The minimum atomic E-state index is 1.21.